The van der Waals surface area contributed by atoms with Gasteiger partial charge in [0.1, 0.15) is 5.78 Å². The predicted molar refractivity (Wildman–Crippen MR) is 82.1 cm³/mol. The number of aryl methyl sites for hydroxylation is 1. The Bertz CT molecular complexity index is 728. The first-order chi connectivity index (χ1) is 9.78. The molecule has 102 valence electrons. The number of nitrogens with zero attached hydrogens (tertiary/aromatic N) is 2. The van der Waals surface area contributed by atoms with Gasteiger partial charge in [0.15, 0.2) is 0 Å². The molecule has 0 saturated heterocycles. The smallest absolute Gasteiger partial charge is 0.143 e. The molecule has 0 unspecified atom stereocenters. The summed E-state index contributed by atoms with van der Waals surface area (Å²) >= 11 is 1.63. The zero-order chi connectivity index (χ0) is 13.9. The van der Waals surface area contributed by atoms with Gasteiger partial charge >= 0.3 is 0 Å². The van der Waals surface area contributed by atoms with Gasteiger partial charge in [-0.2, -0.15) is 16.4 Å². The lowest BCUT2D eigenvalue weighted by Crippen LogP contribution is -2.07. The average Bonchev–Trinajstić information content (AvgIpc) is 3.07. The van der Waals surface area contributed by atoms with Crippen molar-refractivity contribution < 1.29 is 4.79 Å². The second-order valence-corrected chi connectivity index (χ2v) is 5.58. The van der Waals surface area contributed by atoms with Crippen LogP contribution < -0.4 is 0 Å². The molecule has 0 saturated carbocycles. The SMILES string of the molecule is CCn1nc(CC(=O)Cc2ccsc2)c2ccccc21. The van der Waals surface area contributed by atoms with Gasteiger partial charge in [-0.05, 0) is 35.4 Å². The third-order valence-corrected chi connectivity index (χ3v) is 4.11. The van der Waals surface area contributed by atoms with Crippen molar-refractivity contribution in [3.63, 3.8) is 0 Å². The Kier molecular flexibility index (Phi) is 3.65. The van der Waals surface area contributed by atoms with E-state index in [2.05, 4.69) is 18.1 Å². The fraction of sp³-hybridized carbons (Fsp3) is 0.250. The second kappa shape index (κ2) is 5.59. The number of carbonyl (C=O) groups excluding carboxylic acids is 1. The quantitative estimate of drug-likeness (QED) is 0.719. The van der Waals surface area contributed by atoms with Crippen LogP contribution in [-0.4, -0.2) is 15.6 Å². The van der Waals surface area contributed by atoms with Crippen molar-refractivity contribution in [2.45, 2.75) is 26.3 Å². The summed E-state index contributed by atoms with van der Waals surface area (Å²) in [7, 11) is 0. The van der Waals surface area contributed by atoms with Gasteiger partial charge in [0.05, 0.1) is 17.6 Å². The van der Waals surface area contributed by atoms with E-state index in [1.807, 2.05) is 39.7 Å². The van der Waals surface area contributed by atoms with Crippen LogP contribution in [0.5, 0.6) is 0 Å². The highest BCUT2D eigenvalue weighted by Gasteiger charge is 2.13. The highest BCUT2D eigenvalue weighted by molar-refractivity contribution is 7.08. The fourth-order valence-electron chi connectivity index (χ4n) is 2.44. The molecule has 20 heavy (non-hydrogen) atoms. The van der Waals surface area contributed by atoms with Crippen LogP contribution in [0.15, 0.2) is 41.1 Å². The standard InChI is InChI=1S/C16H16N2OS/c1-2-18-16-6-4-3-5-14(16)15(17-18)10-13(19)9-12-7-8-20-11-12/h3-8,11H,2,9-10H2,1H3. The molecule has 0 aliphatic rings. The summed E-state index contributed by atoms with van der Waals surface area (Å²) < 4.78 is 1.96. The van der Waals surface area contributed by atoms with Gasteiger partial charge in [-0.15, -0.1) is 0 Å². The van der Waals surface area contributed by atoms with E-state index in [4.69, 9.17) is 0 Å². The van der Waals surface area contributed by atoms with Crippen LogP contribution in [0.2, 0.25) is 0 Å². The minimum Gasteiger partial charge on any atom is -0.299 e. The van der Waals surface area contributed by atoms with Crippen molar-refractivity contribution in [2.24, 2.45) is 0 Å². The van der Waals surface area contributed by atoms with Gasteiger partial charge in [-0.25, -0.2) is 0 Å². The van der Waals surface area contributed by atoms with Crippen LogP contribution >= 0.6 is 11.3 Å². The lowest BCUT2D eigenvalue weighted by atomic mass is 10.1. The van der Waals surface area contributed by atoms with E-state index in [0.29, 0.717) is 12.8 Å². The number of para-hydroxylation sites is 1. The number of hydrogen-bond donors (Lipinski definition) is 0. The Morgan fingerprint density at radius 2 is 2.10 bits per heavy atom. The molecule has 3 nitrogen and oxygen atoms in total. The third-order valence-electron chi connectivity index (χ3n) is 3.38. The van der Waals surface area contributed by atoms with Crippen molar-refractivity contribution in [2.75, 3.05) is 0 Å². The number of rotatable bonds is 5. The molecule has 0 spiro atoms. The van der Waals surface area contributed by atoms with Crippen LogP contribution in [0.3, 0.4) is 0 Å². The highest BCUT2D eigenvalue weighted by Crippen LogP contribution is 2.19. The number of hydrogen-bond acceptors (Lipinski definition) is 3. The van der Waals surface area contributed by atoms with Gasteiger partial charge in [0, 0.05) is 18.4 Å². The van der Waals surface area contributed by atoms with Crippen molar-refractivity contribution >= 4 is 28.0 Å². The Labute approximate surface area is 121 Å². The topological polar surface area (TPSA) is 34.9 Å². The fourth-order valence-corrected chi connectivity index (χ4v) is 3.11. The lowest BCUT2D eigenvalue weighted by molar-refractivity contribution is -0.117. The summed E-state index contributed by atoms with van der Waals surface area (Å²) in [5.74, 6) is 0.218. The summed E-state index contributed by atoms with van der Waals surface area (Å²) in [6.45, 7) is 2.88. The first kappa shape index (κ1) is 13.1. The van der Waals surface area contributed by atoms with E-state index in [1.54, 1.807) is 11.3 Å². The van der Waals surface area contributed by atoms with Crippen molar-refractivity contribution in [1.82, 2.24) is 9.78 Å². The molecule has 0 radical (unpaired) electrons. The largest absolute Gasteiger partial charge is 0.299 e. The molecule has 2 aromatic heterocycles. The minimum absolute atomic E-state index is 0.218. The molecule has 0 atom stereocenters. The van der Waals surface area contributed by atoms with Gasteiger partial charge in [0.2, 0.25) is 0 Å². The maximum absolute atomic E-state index is 12.2. The number of aromatic nitrogens is 2. The third kappa shape index (κ3) is 2.51. The molecule has 0 amide bonds. The van der Waals surface area contributed by atoms with Gasteiger partial charge in [-0.1, -0.05) is 18.2 Å². The molecule has 0 aliphatic heterocycles. The number of ketones is 1. The highest BCUT2D eigenvalue weighted by atomic mass is 32.1. The zero-order valence-corrected chi connectivity index (χ0v) is 12.2. The Morgan fingerprint density at radius 1 is 1.25 bits per heavy atom. The summed E-state index contributed by atoms with van der Waals surface area (Å²) in [4.78, 5) is 12.2. The maximum atomic E-state index is 12.2. The van der Waals surface area contributed by atoms with Gasteiger partial charge in [-0.3, -0.25) is 9.48 Å². The predicted octanol–water partition coefficient (Wildman–Crippen LogP) is 3.47. The molecular formula is C16H16N2OS. The summed E-state index contributed by atoms with van der Waals surface area (Å²) in [5, 5.41) is 9.70. The van der Waals surface area contributed by atoms with Crippen molar-refractivity contribution in [3.8, 4) is 0 Å². The van der Waals surface area contributed by atoms with Crippen LogP contribution in [0.25, 0.3) is 10.9 Å². The molecule has 1 aromatic carbocycles. The van der Waals surface area contributed by atoms with Crippen LogP contribution in [0.4, 0.5) is 0 Å². The van der Waals surface area contributed by atoms with Gasteiger partial charge in [0.25, 0.3) is 0 Å². The molecule has 0 bridgehead atoms. The number of benzene rings is 1. The molecule has 3 aromatic rings. The van der Waals surface area contributed by atoms with Crippen LogP contribution in [0, 0.1) is 0 Å². The molecular weight excluding hydrogens is 268 g/mol. The van der Waals surface area contributed by atoms with Gasteiger partial charge < -0.3 is 0 Å². The normalized spacial score (nSPS) is 11.1. The van der Waals surface area contributed by atoms with E-state index in [-0.39, 0.29) is 5.78 Å². The molecule has 2 heterocycles. The second-order valence-electron chi connectivity index (χ2n) is 4.80. The minimum atomic E-state index is 0.218. The molecule has 0 aliphatic carbocycles. The number of carbonyl (C=O) groups is 1. The first-order valence-electron chi connectivity index (χ1n) is 6.75. The van der Waals surface area contributed by atoms with E-state index in [0.717, 1.165) is 28.7 Å². The van der Waals surface area contributed by atoms with Crippen LogP contribution in [-0.2, 0) is 24.2 Å². The first-order valence-corrected chi connectivity index (χ1v) is 7.69. The summed E-state index contributed by atoms with van der Waals surface area (Å²) in [6.07, 6.45) is 0.903. The number of fused-ring (bicyclic) bond motifs is 1. The Morgan fingerprint density at radius 3 is 2.85 bits per heavy atom. The maximum Gasteiger partial charge on any atom is 0.143 e. The van der Waals surface area contributed by atoms with Crippen molar-refractivity contribution in [3.05, 3.63) is 52.3 Å². The average molecular weight is 284 g/mol. The molecule has 3 rings (SSSR count). The Hall–Kier alpha value is -1.94. The Balaban J connectivity index is 1.85. The zero-order valence-electron chi connectivity index (χ0n) is 11.4. The van der Waals surface area contributed by atoms with Crippen LogP contribution in [0.1, 0.15) is 18.2 Å². The summed E-state index contributed by atoms with van der Waals surface area (Å²) in [6, 6.07) is 10.1. The number of thiophene rings is 1. The van der Waals surface area contributed by atoms with E-state index >= 15 is 0 Å². The van der Waals surface area contributed by atoms with E-state index < -0.39 is 0 Å². The summed E-state index contributed by atoms with van der Waals surface area (Å²) in [5.41, 5.74) is 3.09. The lowest BCUT2D eigenvalue weighted by Gasteiger charge is -1.97. The molecule has 4 heteroatoms. The molecule has 0 fully saturated rings. The van der Waals surface area contributed by atoms with Crippen molar-refractivity contribution in [1.29, 1.82) is 0 Å². The number of Topliss-reactive ketones (excluding diaryl/α,β-unsaturated/α-hetero) is 1. The van der Waals surface area contributed by atoms with E-state index in [1.165, 1.54) is 0 Å². The monoisotopic (exact) mass is 284 g/mol. The molecule has 0 N–H and O–H groups in total. The van der Waals surface area contributed by atoms with E-state index in [9.17, 15) is 4.79 Å².